The molecule has 0 saturated heterocycles. The van der Waals surface area contributed by atoms with Gasteiger partial charge in [0.1, 0.15) is 0 Å². The molecule has 0 N–H and O–H groups in total. The molecule has 5 heterocycles. The fourth-order valence-corrected chi connectivity index (χ4v) is 14.5. The van der Waals surface area contributed by atoms with Gasteiger partial charge in [0.25, 0.3) is 6.71 Å². The smallest absolute Gasteiger partial charge is 0.252 e. The largest absolute Gasteiger partial charge is 0.311 e. The van der Waals surface area contributed by atoms with Crippen LogP contribution in [0, 0.1) is 6.92 Å². The zero-order valence-electron chi connectivity index (χ0n) is 53.3. The molecule has 0 unspecified atom stereocenters. The molecule has 0 fully saturated rings. The summed E-state index contributed by atoms with van der Waals surface area (Å²) < 4.78 is 5.20. The summed E-state index contributed by atoms with van der Waals surface area (Å²) in [7, 11) is 0. The summed E-state index contributed by atoms with van der Waals surface area (Å²) in [6.45, 7) is 37.5. The van der Waals surface area contributed by atoms with Crippen LogP contribution in [0.5, 0.6) is 0 Å². The minimum atomic E-state index is -0.141. The Kier molecular flexibility index (Phi) is 11.5. The van der Waals surface area contributed by atoms with Crippen molar-refractivity contribution in [2.45, 2.75) is 138 Å². The van der Waals surface area contributed by atoms with E-state index in [0.717, 1.165) is 11.4 Å². The molecule has 0 bridgehead atoms. The van der Waals surface area contributed by atoms with Gasteiger partial charge in [-0.15, -0.1) is 0 Å². The average molecular weight is 1120 g/mol. The zero-order valence-corrected chi connectivity index (χ0v) is 53.3. The van der Waals surface area contributed by atoms with Gasteiger partial charge in [-0.2, -0.15) is 0 Å². The van der Waals surface area contributed by atoms with E-state index in [-0.39, 0.29) is 33.8 Å². The fraction of sp³-hybridized carbons (Fsp3) is 0.259. The van der Waals surface area contributed by atoms with E-state index >= 15 is 0 Å². The van der Waals surface area contributed by atoms with Crippen LogP contribution in [0.1, 0.15) is 137 Å². The highest BCUT2D eigenvalue weighted by atomic mass is 15.2. The Balaban J connectivity index is 1.02. The second-order valence-corrected chi connectivity index (χ2v) is 30.5. The van der Waals surface area contributed by atoms with Crippen LogP contribution in [-0.4, -0.2) is 15.8 Å². The van der Waals surface area contributed by atoms with Crippen molar-refractivity contribution in [2.24, 2.45) is 0 Å². The Bertz CT molecular complexity index is 4750. The SMILES string of the molecule is Cc1cc2c3c(c1)N1c4c(cc(C(C)(C)C)cc4-n4c5ccc(C(C)(C)C)cc5c5cc(C(C)(C)C)cc1c54)B3c1ccc(-n3c4ccc(C(C)(C)C)cc4c4cc(C(C)(C)C)ccc43)cc1N2c1ccc(-c2ccc(-c3ccccc3)cc2)cc1. The zero-order chi connectivity index (χ0) is 60.1. The second kappa shape index (κ2) is 18.3. The molecule has 0 radical (unpaired) electrons. The van der Waals surface area contributed by atoms with E-state index in [4.69, 9.17) is 0 Å². The molecule has 5 heteroatoms. The van der Waals surface area contributed by atoms with Crippen LogP contribution in [0.25, 0.3) is 77.2 Å². The van der Waals surface area contributed by atoms with Gasteiger partial charge in [0.2, 0.25) is 0 Å². The van der Waals surface area contributed by atoms with Gasteiger partial charge in [0, 0.05) is 50.0 Å². The van der Waals surface area contributed by atoms with Crippen molar-refractivity contribution in [3.8, 4) is 33.6 Å². The lowest BCUT2D eigenvalue weighted by Gasteiger charge is -2.47. The van der Waals surface area contributed by atoms with E-state index in [9.17, 15) is 0 Å². The van der Waals surface area contributed by atoms with Gasteiger partial charge in [0.05, 0.1) is 39.1 Å². The predicted octanol–water partition coefficient (Wildman–Crippen LogP) is 20.4. The number of aromatic nitrogens is 2. The molecular weight excluding hydrogens is 1040 g/mol. The van der Waals surface area contributed by atoms with Crippen molar-refractivity contribution in [3.05, 3.63) is 221 Å². The number of aryl methyl sites for hydroxylation is 1. The number of rotatable bonds is 4. The monoisotopic (exact) mass is 1120 g/mol. The molecule has 4 nitrogen and oxygen atoms in total. The topological polar surface area (TPSA) is 16.3 Å². The minimum Gasteiger partial charge on any atom is -0.311 e. The summed E-state index contributed by atoms with van der Waals surface area (Å²) in [6, 6.07) is 73.5. The molecule has 0 atom stereocenters. The lowest BCUT2D eigenvalue weighted by molar-refractivity contribution is 0.590. The number of hydrogen-bond donors (Lipinski definition) is 0. The van der Waals surface area contributed by atoms with E-state index < -0.39 is 0 Å². The molecule has 0 aliphatic carbocycles. The van der Waals surface area contributed by atoms with Gasteiger partial charge in [-0.1, -0.05) is 201 Å². The highest BCUT2D eigenvalue weighted by Crippen LogP contribution is 2.55. The first-order chi connectivity index (χ1) is 40.7. The van der Waals surface area contributed by atoms with Crippen molar-refractivity contribution in [2.75, 3.05) is 9.80 Å². The maximum atomic E-state index is 2.70. The average Bonchev–Trinajstić information content (AvgIpc) is 1.16. The van der Waals surface area contributed by atoms with Crippen LogP contribution in [-0.2, 0) is 27.1 Å². The highest BCUT2D eigenvalue weighted by Gasteiger charge is 2.47. The van der Waals surface area contributed by atoms with Crippen molar-refractivity contribution in [3.63, 3.8) is 0 Å². The van der Waals surface area contributed by atoms with Crippen LogP contribution in [0.15, 0.2) is 188 Å². The molecule has 426 valence electrons. The van der Waals surface area contributed by atoms with Gasteiger partial charge in [0.15, 0.2) is 0 Å². The molecule has 86 heavy (non-hydrogen) atoms. The highest BCUT2D eigenvalue weighted by molar-refractivity contribution is 7.00. The quantitative estimate of drug-likeness (QED) is 0.163. The standard InChI is InChI=1S/C81H79BN4/c1-48-38-70-74-71(39-48)86-72-45-56(80(11,12)13)43-63-62-42-55(79(8,9)10)30-37-68(62)85(75(63)72)73-46-57(81(14,15)16)44-65(76(73)86)82(74)64-34-33-59(84-66-35-28-53(77(2,3)4)40-60(66)61-41-54(78(5,6)7)29-36-67(61)84)47-69(64)83(70)58-31-26-52(27-32-58)51-24-22-50(23-25-51)49-20-18-17-19-21-49/h17-47H,1-16H3. The minimum absolute atomic E-state index is 0.00558. The summed E-state index contributed by atoms with van der Waals surface area (Å²) in [6.07, 6.45) is 0. The third-order valence-electron chi connectivity index (χ3n) is 19.4. The van der Waals surface area contributed by atoms with Gasteiger partial charge >= 0.3 is 0 Å². The molecule has 2 aromatic heterocycles. The number of fused-ring (bicyclic) bond motifs is 12. The fourth-order valence-electron chi connectivity index (χ4n) is 14.5. The van der Waals surface area contributed by atoms with Crippen molar-refractivity contribution in [1.82, 2.24) is 9.13 Å². The molecule has 15 rings (SSSR count). The summed E-state index contributed by atoms with van der Waals surface area (Å²) in [5.74, 6) is 0. The molecular formula is C81H79BN4. The van der Waals surface area contributed by atoms with E-state index in [2.05, 4.69) is 318 Å². The molecule has 10 aromatic carbocycles. The molecule has 0 amide bonds. The molecule has 12 aromatic rings. The van der Waals surface area contributed by atoms with E-state index in [1.165, 1.54) is 150 Å². The number of nitrogens with zero attached hydrogens (tertiary/aromatic N) is 4. The summed E-state index contributed by atoms with van der Waals surface area (Å²) >= 11 is 0. The van der Waals surface area contributed by atoms with Crippen molar-refractivity contribution in [1.29, 1.82) is 0 Å². The summed E-state index contributed by atoms with van der Waals surface area (Å²) in [5, 5.41) is 5.21. The Morgan fingerprint density at radius 3 is 1.26 bits per heavy atom. The first kappa shape index (κ1) is 54.1. The van der Waals surface area contributed by atoms with Crippen LogP contribution in [0.3, 0.4) is 0 Å². The van der Waals surface area contributed by atoms with Crippen molar-refractivity contribution >= 4 is 101 Å². The van der Waals surface area contributed by atoms with Gasteiger partial charge < -0.3 is 18.9 Å². The van der Waals surface area contributed by atoms with E-state index in [1.807, 2.05) is 0 Å². The summed E-state index contributed by atoms with van der Waals surface area (Å²) in [4.78, 5) is 5.32. The van der Waals surface area contributed by atoms with Gasteiger partial charge in [-0.3, -0.25) is 0 Å². The van der Waals surface area contributed by atoms with Crippen molar-refractivity contribution < 1.29 is 0 Å². The van der Waals surface area contributed by atoms with Crippen LogP contribution >= 0.6 is 0 Å². The lowest BCUT2D eigenvalue weighted by Crippen LogP contribution is -2.62. The Morgan fingerprint density at radius 1 is 0.302 bits per heavy atom. The van der Waals surface area contributed by atoms with Gasteiger partial charge in [-0.05, 0) is 197 Å². The summed E-state index contributed by atoms with van der Waals surface area (Å²) in [5.41, 5.74) is 31.2. The molecule has 0 saturated carbocycles. The number of anilines is 6. The van der Waals surface area contributed by atoms with Crippen LogP contribution in [0.2, 0.25) is 0 Å². The number of hydrogen-bond acceptors (Lipinski definition) is 2. The third-order valence-corrected chi connectivity index (χ3v) is 19.4. The van der Waals surface area contributed by atoms with Gasteiger partial charge in [-0.25, -0.2) is 0 Å². The lowest BCUT2D eigenvalue weighted by atomic mass is 9.33. The van der Waals surface area contributed by atoms with E-state index in [1.54, 1.807) is 0 Å². The first-order valence-corrected chi connectivity index (χ1v) is 31.3. The van der Waals surface area contributed by atoms with Crippen LogP contribution < -0.4 is 26.2 Å². The molecule has 3 aliphatic rings. The maximum absolute atomic E-state index is 2.70. The third kappa shape index (κ3) is 8.23. The number of benzene rings is 10. The Morgan fingerprint density at radius 2 is 0.733 bits per heavy atom. The second-order valence-electron chi connectivity index (χ2n) is 30.5. The predicted molar refractivity (Wildman–Crippen MR) is 372 cm³/mol. The maximum Gasteiger partial charge on any atom is 0.252 e. The molecule has 3 aliphatic heterocycles. The van der Waals surface area contributed by atoms with Crippen LogP contribution in [0.4, 0.5) is 34.1 Å². The Hall–Kier alpha value is -8.54. The first-order valence-electron chi connectivity index (χ1n) is 31.3. The normalized spacial score (nSPS) is 14.0. The Labute approximate surface area is 509 Å². The van der Waals surface area contributed by atoms with E-state index in [0.29, 0.717) is 0 Å². The molecule has 0 spiro atoms.